The molecule has 32 heavy (non-hydrogen) atoms. The number of aryl methyl sites for hydroxylation is 1. The van der Waals surface area contributed by atoms with Crippen molar-refractivity contribution in [3.05, 3.63) is 75.6 Å². The number of aromatic nitrogens is 2. The first-order valence-corrected chi connectivity index (χ1v) is 10.8. The highest BCUT2D eigenvalue weighted by molar-refractivity contribution is 7.15. The highest BCUT2D eigenvalue weighted by Crippen LogP contribution is 2.44. The molecule has 1 fully saturated rings. The summed E-state index contributed by atoms with van der Waals surface area (Å²) in [5.74, 6) is -2.07. The van der Waals surface area contributed by atoms with Crippen molar-refractivity contribution in [2.24, 2.45) is 0 Å². The highest BCUT2D eigenvalue weighted by atomic mass is 32.1. The van der Waals surface area contributed by atoms with Crippen molar-refractivity contribution in [1.82, 2.24) is 10.2 Å². The van der Waals surface area contributed by atoms with E-state index in [0.717, 1.165) is 21.8 Å². The quantitative estimate of drug-likeness (QED) is 0.368. The molecule has 2 aliphatic rings. The maximum atomic E-state index is 14.8. The lowest BCUT2D eigenvalue weighted by Gasteiger charge is -2.22. The number of anilines is 1. The third-order valence-corrected chi connectivity index (χ3v) is 6.37. The van der Waals surface area contributed by atoms with Crippen molar-refractivity contribution in [3.63, 3.8) is 0 Å². The van der Waals surface area contributed by atoms with Crippen LogP contribution in [-0.4, -0.2) is 33.1 Å². The summed E-state index contributed by atoms with van der Waals surface area (Å²) < 4.78 is 20.5. The number of fused-ring (bicyclic) bond motifs is 1. The van der Waals surface area contributed by atoms with Crippen molar-refractivity contribution in [2.75, 3.05) is 4.90 Å². The molecule has 0 spiro atoms. The van der Waals surface area contributed by atoms with E-state index in [2.05, 4.69) is 10.2 Å². The standard InChI is InChI=1S/C23H18FN3O4S/c1-11-9-14-10-13(7-8-17(14)31-11)20(28)18-19(15-5-3-4-6-16(15)24)27(22(30)21(18)29)23-26-25-12(2)32-23/h3-8,10-11,19,28H,9H2,1-2H3/b20-18+/t11-,19+/m1/s1. The minimum absolute atomic E-state index is 0.00651. The third-order valence-electron chi connectivity index (χ3n) is 5.54. The molecule has 5 rings (SSSR count). The van der Waals surface area contributed by atoms with Gasteiger partial charge in [0.15, 0.2) is 0 Å². The summed E-state index contributed by atoms with van der Waals surface area (Å²) in [6.45, 7) is 3.65. The Kier molecular flexibility index (Phi) is 4.78. The number of aliphatic hydroxyl groups excluding tert-OH is 1. The number of carbonyl (C=O) groups excluding carboxylic acids is 2. The number of carbonyl (C=O) groups is 2. The maximum absolute atomic E-state index is 14.8. The van der Waals surface area contributed by atoms with Gasteiger partial charge in [0.2, 0.25) is 5.13 Å². The van der Waals surface area contributed by atoms with E-state index in [1.807, 2.05) is 6.92 Å². The number of ether oxygens (including phenoxy) is 1. The van der Waals surface area contributed by atoms with E-state index < -0.39 is 23.5 Å². The number of benzene rings is 2. The van der Waals surface area contributed by atoms with Gasteiger partial charge in [0, 0.05) is 17.5 Å². The molecular formula is C23H18FN3O4S. The average Bonchev–Trinajstić information content (AvgIpc) is 3.43. The molecule has 0 saturated carbocycles. The number of nitrogens with zero attached hydrogens (tertiary/aromatic N) is 3. The second-order valence-electron chi connectivity index (χ2n) is 7.75. The molecule has 0 radical (unpaired) electrons. The van der Waals surface area contributed by atoms with Crippen molar-refractivity contribution < 1.29 is 23.8 Å². The zero-order valence-electron chi connectivity index (χ0n) is 17.2. The number of aliphatic hydroxyl groups is 1. The molecule has 3 heterocycles. The molecule has 1 aromatic heterocycles. The van der Waals surface area contributed by atoms with Crippen LogP contribution in [0.5, 0.6) is 5.75 Å². The van der Waals surface area contributed by atoms with Crippen LogP contribution in [-0.2, 0) is 16.0 Å². The van der Waals surface area contributed by atoms with Crippen molar-refractivity contribution >= 4 is 33.9 Å². The fourth-order valence-electron chi connectivity index (χ4n) is 4.13. The second kappa shape index (κ2) is 7.52. The lowest BCUT2D eigenvalue weighted by molar-refractivity contribution is -0.132. The first kappa shape index (κ1) is 20.3. The Labute approximate surface area is 186 Å². The minimum Gasteiger partial charge on any atom is -0.507 e. The molecule has 162 valence electrons. The van der Waals surface area contributed by atoms with Gasteiger partial charge in [0.25, 0.3) is 5.78 Å². The van der Waals surface area contributed by atoms with Crippen LogP contribution >= 0.6 is 11.3 Å². The number of hydrogen-bond donors (Lipinski definition) is 1. The van der Waals surface area contributed by atoms with Gasteiger partial charge in [0.1, 0.15) is 34.5 Å². The lowest BCUT2D eigenvalue weighted by Crippen LogP contribution is -2.29. The van der Waals surface area contributed by atoms with Gasteiger partial charge in [-0.3, -0.25) is 14.5 Å². The molecule has 0 bridgehead atoms. The van der Waals surface area contributed by atoms with Crippen molar-refractivity contribution in [1.29, 1.82) is 0 Å². The van der Waals surface area contributed by atoms with Crippen LogP contribution in [0, 0.1) is 12.7 Å². The molecule has 3 aromatic rings. The largest absolute Gasteiger partial charge is 0.507 e. The first-order chi connectivity index (χ1) is 15.3. The fraction of sp³-hybridized carbons (Fsp3) is 0.217. The van der Waals surface area contributed by atoms with E-state index in [-0.39, 0.29) is 28.1 Å². The van der Waals surface area contributed by atoms with Gasteiger partial charge < -0.3 is 9.84 Å². The summed E-state index contributed by atoms with van der Waals surface area (Å²) in [5.41, 5.74) is 1.13. The van der Waals surface area contributed by atoms with Crippen LogP contribution in [0.2, 0.25) is 0 Å². The summed E-state index contributed by atoms with van der Waals surface area (Å²) in [7, 11) is 0. The van der Waals surface area contributed by atoms with Gasteiger partial charge in [-0.1, -0.05) is 29.5 Å². The molecule has 1 saturated heterocycles. The summed E-state index contributed by atoms with van der Waals surface area (Å²) >= 11 is 1.11. The molecular weight excluding hydrogens is 433 g/mol. The van der Waals surface area contributed by atoms with Gasteiger partial charge in [-0.05, 0) is 43.7 Å². The van der Waals surface area contributed by atoms with E-state index >= 15 is 0 Å². The van der Waals surface area contributed by atoms with Gasteiger partial charge in [-0.15, -0.1) is 10.2 Å². The molecule has 2 aliphatic heterocycles. The van der Waals surface area contributed by atoms with Gasteiger partial charge in [-0.2, -0.15) is 0 Å². The summed E-state index contributed by atoms with van der Waals surface area (Å²) in [6, 6.07) is 9.75. The van der Waals surface area contributed by atoms with Crippen molar-refractivity contribution in [3.8, 4) is 5.75 Å². The maximum Gasteiger partial charge on any atom is 0.301 e. The molecule has 1 amide bonds. The molecule has 1 N–H and O–H groups in total. The van der Waals surface area contributed by atoms with Crippen LogP contribution in [0.25, 0.3) is 5.76 Å². The predicted molar refractivity (Wildman–Crippen MR) is 116 cm³/mol. The SMILES string of the molecule is Cc1nnc(N2C(=O)C(=O)/C(=C(/O)c3ccc4c(c3)C[C@@H](C)O4)[C@@H]2c2ccccc2F)s1. The van der Waals surface area contributed by atoms with Crippen LogP contribution in [0.4, 0.5) is 9.52 Å². The number of amides is 1. The molecule has 9 heteroatoms. The van der Waals surface area contributed by atoms with Crippen molar-refractivity contribution in [2.45, 2.75) is 32.4 Å². The van der Waals surface area contributed by atoms with Crippen LogP contribution < -0.4 is 9.64 Å². The van der Waals surface area contributed by atoms with E-state index in [1.54, 1.807) is 31.2 Å². The Morgan fingerprint density at radius 2 is 2.00 bits per heavy atom. The Balaban J connectivity index is 1.71. The normalized spacial score (nSPS) is 21.7. The topological polar surface area (TPSA) is 92.6 Å². The fourth-order valence-corrected chi connectivity index (χ4v) is 4.84. The van der Waals surface area contributed by atoms with E-state index in [0.29, 0.717) is 22.7 Å². The summed E-state index contributed by atoms with van der Waals surface area (Å²) in [4.78, 5) is 27.2. The third kappa shape index (κ3) is 3.16. The van der Waals surface area contributed by atoms with E-state index in [9.17, 15) is 19.1 Å². The molecule has 7 nitrogen and oxygen atoms in total. The molecule has 0 unspecified atom stereocenters. The zero-order valence-corrected chi connectivity index (χ0v) is 18.0. The van der Waals surface area contributed by atoms with Gasteiger partial charge >= 0.3 is 5.91 Å². The Morgan fingerprint density at radius 1 is 1.22 bits per heavy atom. The van der Waals surface area contributed by atoms with Crippen LogP contribution in [0.15, 0.2) is 48.0 Å². The highest BCUT2D eigenvalue weighted by Gasteiger charge is 2.49. The van der Waals surface area contributed by atoms with Crippen LogP contribution in [0.3, 0.4) is 0 Å². The predicted octanol–water partition coefficient (Wildman–Crippen LogP) is 3.94. The lowest BCUT2D eigenvalue weighted by atomic mass is 9.94. The van der Waals surface area contributed by atoms with Crippen LogP contribution in [0.1, 0.15) is 34.7 Å². The summed E-state index contributed by atoms with van der Waals surface area (Å²) in [5, 5.41) is 19.8. The Bertz CT molecular complexity index is 1300. The second-order valence-corrected chi connectivity index (χ2v) is 8.91. The van der Waals surface area contributed by atoms with Gasteiger partial charge in [-0.25, -0.2) is 4.39 Å². The number of hydrogen-bond acceptors (Lipinski definition) is 7. The number of halogens is 1. The Hall–Kier alpha value is -3.59. The molecule has 2 atom stereocenters. The number of rotatable bonds is 3. The number of Topliss-reactive ketones (excluding diaryl/α,β-unsaturated/α-hetero) is 1. The van der Waals surface area contributed by atoms with Gasteiger partial charge in [0.05, 0.1) is 5.57 Å². The first-order valence-electron chi connectivity index (χ1n) is 10.0. The average molecular weight is 451 g/mol. The summed E-state index contributed by atoms with van der Waals surface area (Å²) in [6.07, 6.45) is 0.665. The monoisotopic (exact) mass is 451 g/mol. The smallest absolute Gasteiger partial charge is 0.301 e. The zero-order chi connectivity index (χ0) is 22.6. The number of ketones is 1. The Morgan fingerprint density at radius 3 is 2.72 bits per heavy atom. The van der Waals surface area contributed by atoms with E-state index in [4.69, 9.17) is 4.74 Å². The van der Waals surface area contributed by atoms with E-state index in [1.165, 1.54) is 18.2 Å². The minimum atomic E-state index is -1.17. The molecule has 2 aromatic carbocycles. The molecule has 0 aliphatic carbocycles.